The number of methoxy groups -OCH3 is 2. The van der Waals surface area contributed by atoms with Crippen molar-refractivity contribution in [3.8, 4) is 28.4 Å². The lowest BCUT2D eigenvalue weighted by molar-refractivity contribution is -0.142. The van der Waals surface area contributed by atoms with Crippen molar-refractivity contribution in [1.29, 1.82) is 0 Å². The summed E-state index contributed by atoms with van der Waals surface area (Å²) in [5.74, 6) is -0.255. The van der Waals surface area contributed by atoms with Crippen LogP contribution in [0.4, 0.5) is 0 Å². The lowest BCUT2D eigenvalue weighted by Crippen LogP contribution is -2.19. The summed E-state index contributed by atoms with van der Waals surface area (Å²) in [4.78, 5) is 22.6. The van der Waals surface area contributed by atoms with Gasteiger partial charge in [0.05, 0.1) is 19.9 Å². The van der Waals surface area contributed by atoms with E-state index >= 15 is 0 Å². The molecule has 8 heteroatoms. The molecule has 0 atom stereocenters. The Bertz CT molecular complexity index is 1070. The van der Waals surface area contributed by atoms with E-state index in [0.717, 1.165) is 11.3 Å². The second-order valence-corrected chi connectivity index (χ2v) is 6.19. The minimum Gasteiger partial charge on any atom is -0.493 e. The summed E-state index contributed by atoms with van der Waals surface area (Å²) >= 11 is 0. The third-order valence-corrected chi connectivity index (χ3v) is 4.18. The first-order valence-corrected chi connectivity index (χ1v) is 9.02. The Morgan fingerprint density at radius 1 is 1.07 bits per heavy atom. The Labute approximate surface area is 173 Å². The van der Waals surface area contributed by atoms with E-state index in [2.05, 4.69) is 5.10 Å². The maximum Gasteiger partial charge on any atom is 0.331 e. The summed E-state index contributed by atoms with van der Waals surface area (Å²) in [7, 11) is 3.12. The summed E-state index contributed by atoms with van der Waals surface area (Å²) < 4.78 is 17.2. The molecular weight excluding hydrogens is 386 g/mol. The normalized spacial score (nSPS) is 10.7. The molecule has 0 fully saturated rings. The van der Waals surface area contributed by atoms with E-state index in [-0.39, 0.29) is 0 Å². The Kier molecular flexibility index (Phi) is 6.49. The van der Waals surface area contributed by atoms with Crippen molar-refractivity contribution < 1.29 is 23.8 Å². The van der Waals surface area contributed by atoms with Crippen LogP contribution in [0.25, 0.3) is 23.0 Å². The van der Waals surface area contributed by atoms with Gasteiger partial charge in [-0.25, -0.2) is 9.48 Å². The van der Waals surface area contributed by atoms with Crippen molar-refractivity contribution in [3.05, 3.63) is 66.4 Å². The Morgan fingerprint density at radius 3 is 2.47 bits per heavy atom. The third kappa shape index (κ3) is 4.85. The largest absolute Gasteiger partial charge is 0.493 e. The molecule has 0 aliphatic rings. The predicted molar refractivity (Wildman–Crippen MR) is 111 cm³/mol. The van der Waals surface area contributed by atoms with Crippen LogP contribution in [0.15, 0.2) is 60.8 Å². The highest BCUT2D eigenvalue weighted by atomic mass is 16.5. The number of carbonyl (C=O) groups excluding carboxylic acids is 2. The van der Waals surface area contributed by atoms with E-state index in [1.807, 2.05) is 36.4 Å². The Balaban J connectivity index is 2.01. The van der Waals surface area contributed by atoms with Gasteiger partial charge in [0.1, 0.15) is 5.69 Å². The Morgan fingerprint density at radius 2 is 1.80 bits per heavy atom. The van der Waals surface area contributed by atoms with Crippen LogP contribution in [0, 0.1) is 0 Å². The zero-order valence-corrected chi connectivity index (χ0v) is 16.6. The minimum absolute atomic E-state index is 0.477. The molecule has 2 aromatic carbocycles. The SMILES string of the molecule is COc1ccc(-c2nn(-c3ccccc3)cc2/C=C/C(=O)OCC(N)=O)cc1OC. The van der Waals surface area contributed by atoms with Crippen molar-refractivity contribution in [2.45, 2.75) is 0 Å². The number of aromatic nitrogens is 2. The number of benzene rings is 2. The highest BCUT2D eigenvalue weighted by Gasteiger charge is 2.14. The highest BCUT2D eigenvalue weighted by Crippen LogP contribution is 2.33. The third-order valence-electron chi connectivity index (χ3n) is 4.18. The van der Waals surface area contributed by atoms with Gasteiger partial charge in [-0.05, 0) is 36.4 Å². The molecule has 8 nitrogen and oxygen atoms in total. The quantitative estimate of drug-likeness (QED) is 0.454. The van der Waals surface area contributed by atoms with Gasteiger partial charge in [0.15, 0.2) is 18.1 Å². The number of hydrogen-bond donors (Lipinski definition) is 1. The van der Waals surface area contributed by atoms with E-state index in [1.54, 1.807) is 43.3 Å². The number of primary amides is 1. The lowest BCUT2D eigenvalue weighted by Gasteiger charge is -2.09. The molecule has 0 unspecified atom stereocenters. The van der Waals surface area contributed by atoms with E-state index < -0.39 is 18.5 Å². The van der Waals surface area contributed by atoms with Crippen LogP contribution >= 0.6 is 0 Å². The fraction of sp³-hybridized carbons (Fsp3) is 0.136. The fourth-order valence-electron chi connectivity index (χ4n) is 2.78. The summed E-state index contributed by atoms with van der Waals surface area (Å²) in [5, 5.41) is 4.68. The van der Waals surface area contributed by atoms with Crippen molar-refractivity contribution in [2.24, 2.45) is 5.73 Å². The maximum absolute atomic E-state index is 11.8. The van der Waals surface area contributed by atoms with Gasteiger partial charge < -0.3 is 19.9 Å². The lowest BCUT2D eigenvalue weighted by atomic mass is 10.1. The molecule has 0 spiro atoms. The topological polar surface area (TPSA) is 106 Å². The summed E-state index contributed by atoms with van der Waals surface area (Å²) in [6.07, 6.45) is 4.58. The van der Waals surface area contributed by atoms with E-state index in [1.165, 1.54) is 6.08 Å². The number of amides is 1. The van der Waals surface area contributed by atoms with Gasteiger partial charge >= 0.3 is 5.97 Å². The molecule has 154 valence electrons. The number of hydrogen-bond acceptors (Lipinski definition) is 6. The van der Waals surface area contributed by atoms with Crippen LogP contribution in [-0.4, -0.2) is 42.5 Å². The number of para-hydroxylation sites is 1. The molecule has 0 aliphatic carbocycles. The van der Waals surface area contributed by atoms with E-state index in [0.29, 0.717) is 22.8 Å². The molecule has 3 rings (SSSR count). The summed E-state index contributed by atoms with van der Waals surface area (Å²) in [6, 6.07) is 15.0. The number of nitrogens with zero attached hydrogens (tertiary/aromatic N) is 2. The average molecular weight is 407 g/mol. The highest BCUT2D eigenvalue weighted by molar-refractivity contribution is 5.90. The molecule has 1 amide bonds. The second-order valence-electron chi connectivity index (χ2n) is 6.19. The number of esters is 1. The molecule has 0 radical (unpaired) electrons. The van der Waals surface area contributed by atoms with Crippen molar-refractivity contribution in [2.75, 3.05) is 20.8 Å². The predicted octanol–water partition coefficient (Wildman–Crippen LogP) is 2.60. The van der Waals surface area contributed by atoms with Gasteiger partial charge in [-0.15, -0.1) is 0 Å². The van der Waals surface area contributed by atoms with Gasteiger partial charge in [0, 0.05) is 23.4 Å². The standard InChI is InChI=1S/C22H21N3O5/c1-28-18-10-8-15(12-19(18)29-2)22-16(9-11-21(27)30-14-20(23)26)13-25(24-22)17-6-4-3-5-7-17/h3-13H,14H2,1-2H3,(H2,23,26)/b11-9+. The monoisotopic (exact) mass is 407 g/mol. The number of ether oxygens (including phenoxy) is 3. The van der Waals surface area contributed by atoms with Crippen molar-refractivity contribution in [3.63, 3.8) is 0 Å². The molecule has 0 aliphatic heterocycles. The van der Waals surface area contributed by atoms with E-state index in [4.69, 9.17) is 19.9 Å². The zero-order valence-electron chi connectivity index (χ0n) is 16.6. The number of rotatable bonds is 8. The molecule has 1 heterocycles. The first kappa shape index (κ1) is 20.7. The molecule has 0 saturated heterocycles. The first-order valence-electron chi connectivity index (χ1n) is 9.02. The van der Waals surface area contributed by atoms with Crippen LogP contribution < -0.4 is 15.2 Å². The second kappa shape index (κ2) is 9.42. The molecule has 0 bridgehead atoms. The van der Waals surface area contributed by atoms with Crippen molar-refractivity contribution >= 4 is 18.0 Å². The molecule has 2 N–H and O–H groups in total. The van der Waals surface area contributed by atoms with Crippen molar-refractivity contribution in [1.82, 2.24) is 9.78 Å². The van der Waals surface area contributed by atoms with E-state index in [9.17, 15) is 9.59 Å². The van der Waals surface area contributed by atoms with Crippen LogP contribution in [0.5, 0.6) is 11.5 Å². The first-order chi connectivity index (χ1) is 14.5. The van der Waals surface area contributed by atoms with Crippen LogP contribution in [0.3, 0.4) is 0 Å². The van der Waals surface area contributed by atoms with Gasteiger partial charge in [0.25, 0.3) is 5.91 Å². The number of carbonyl (C=O) groups is 2. The zero-order chi connectivity index (χ0) is 21.5. The fourth-order valence-corrected chi connectivity index (χ4v) is 2.78. The smallest absolute Gasteiger partial charge is 0.331 e. The average Bonchev–Trinajstić information content (AvgIpc) is 3.20. The summed E-state index contributed by atoms with van der Waals surface area (Å²) in [5.41, 5.74) is 7.91. The minimum atomic E-state index is -0.723. The van der Waals surface area contributed by atoms with Gasteiger partial charge in [0.2, 0.25) is 0 Å². The Hall–Kier alpha value is -4.07. The van der Waals surface area contributed by atoms with Crippen LogP contribution in [0.2, 0.25) is 0 Å². The summed E-state index contributed by atoms with van der Waals surface area (Å²) in [6.45, 7) is -0.477. The molecule has 30 heavy (non-hydrogen) atoms. The molecule has 3 aromatic rings. The van der Waals surface area contributed by atoms with Crippen LogP contribution in [-0.2, 0) is 14.3 Å². The molecular formula is C22H21N3O5. The van der Waals surface area contributed by atoms with Gasteiger partial charge in [-0.2, -0.15) is 5.10 Å². The van der Waals surface area contributed by atoms with Crippen LogP contribution in [0.1, 0.15) is 5.56 Å². The van der Waals surface area contributed by atoms with Gasteiger partial charge in [-0.3, -0.25) is 4.79 Å². The maximum atomic E-state index is 11.8. The molecule has 1 aromatic heterocycles. The number of nitrogens with two attached hydrogens (primary N) is 1. The molecule has 0 saturated carbocycles. The van der Waals surface area contributed by atoms with Gasteiger partial charge in [-0.1, -0.05) is 18.2 Å².